The summed E-state index contributed by atoms with van der Waals surface area (Å²) in [6.07, 6.45) is 6.49. The molecule has 0 amide bonds. The summed E-state index contributed by atoms with van der Waals surface area (Å²) in [7, 11) is 0. The van der Waals surface area contributed by atoms with Crippen molar-refractivity contribution in [3.05, 3.63) is 36.3 Å². The molecule has 0 aliphatic rings. The molecule has 0 aromatic rings. The molecule has 38 valence electrons. The highest BCUT2D eigenvalue weighted by Gasteiger charge is 1.69. The van der Waals surface area contributed by atoms with Gasteiger partial charge in [-0.05, 0) is 6.58 Å². The van der Waals surface area contributed by atoms with Gasteiger partial charge in [-0.2, -0.15) is 0 Å². The van der Waals surface area contributed by atoms with Gasteiger partial charge in [0.2, 0.25) is 0 Å². The van der Waals surface area contributed by atoms with E-state index in [4.69, 9.17) is 6.42 Å². The molecule has 0 heteroatoms. The van der Waals surface area contributed by atoms with Crippen molar-refractivity contribution in [3.8, 4) is 12.3 Å². The van der Waals surface area contributed by atoms with Crippen molar-refractivity contribution in [2.75, 3.05) is 0 Å². The molecule has 0 saturated carbocycles. The second kappa shape index (κ2) is 3.78. The van der Waals surface area contributed by atoms with E-state index in [0.717, 1.165) is 0 Å². The van der Waals surface area contributed by atoms with Gasteiger partial charge in [-0.3, -0.25) is 0 Å². The SMILES string of the molecule is C#CC(=C)C=C=C=C. The summed E-state index contributed by atoms with van der Waals surface area (Å²) in [5.41, 5.74) is 5.58. The molecule has 0 nitrogen and oxygen atoms in total. The zero-order chi connectivity index (χ0) is 6.41. The predicted molar refractivity (Wildman–Crippen MR) is 35.2 cm³/mol. The third-order valence-corrected chi connectivity index (χ3v) is 0.534. The van der Waals surface area contributed by atoms with E-state index in [2.05, 4.69) is 30.5 Å². The molecule has 0 radical (unpaired) electrons. The van der Waals surface area contributed by atoms with E-state index < -0.39 is 0 Å². The summed E-state index contributed by atoms with van der Waals surface area (Å²) in [4.78, 5) is 0. The van der Waals surface area contributed by atoms with Crippen LogP contribution in [0.4, 0.5) is 0 Å². The standard InChI is InChI=1S/C8H6/c1-4-6-7-8(3)5-2/h2,7H,1,3H2. The van der Waals surface area contributed by atoms with Gasteiger partial charge in [0.05, 0.1) is 0 Å². The molecule has 0 fully saturated rings. The highest BCUT2D eigenvalue weighted by molar-refractivity contribution is 5.32. The maximum atomic E-state index is 4.94. The van der Waals surface area contributed by atoms with Crippen LogP contribution in [0.3, 0.4) is 0 Å². The lowest BCUT2D eigenvalue weighted by atomic mass is 10.3. The van der Waals surface area contributed by atoms with Crippen LogP contribution in [0.5, 0.6) is 0 Å². The third kappa shape index (κ3) is 2.82. The number of hydrogen-bond acceptors (Lipinski definition) is 0. The van der Waals surface area contributed by atoms with Crippen LogP contribution in [0.2, 0.25) is 0 Å². The quantitative estimate of drug-likeness (QED) is 0.268. The van der Waals surface area contributed by atoms with Gasteiger partial charge in [0.1, 0.15) is 0 Å². The van der Waals surface area contributed by atoms with Crippen LogP contribution >= 0.6 is 0 Å². The highest BCUT2D eigenvalue weighted by atomic mass is 13.7. The molecular formula is C8H6. The summed E-state index contributed by atoms with van der Waals surface area (Å²) in [6, 6.07) is 0. The molecule has 0 bridgehead atoms. The van der Waals surface area contributed by atoms with E-state index in [0.29, 0.717) is 5.57 Å². The normalized spacial score (nSPS) is 5.38. The summed E-state index contributed by atoms with van der Waals surface area (Å²) in [5.74, 6) is 2.32. The van der Waals surface area contributed by atoms with E-state index in [1.165, 1.54) is 0 Å². The Morgan fingerprint density at radius 2 is 2.25 bits per heavy atom. The largest absolute Gasteiger partial charge is 0.115 e. The van der Waals surface area contributed by atoms with Crippen molar-refractivity contribution in [1.29, 1.82) is 0 Å². The molecule has 8 heavy (non-hydrogen) atoms. The van der Waals surface area contributed by atoms with Crippen LogP contribution in [0, 0.1) is 12.3 Å². The Kier molecular flexibility index (Phi) is 3.12. The van der Waals surface area contributed by atoms with Crippen LogP contribution < -0.4 is 0 Å². The van der Waals surface area contributed by atoms with Gasteiger partial charge in [0, 0.05) is 11.6 Å². The topological polar surface area (TPSA) is 0 Å². The van der Waals surface area contributed by atoms with Crippen LogP contribution in [0.25, 0.3) is 0 Å². The van der Waals surface area contributed by atoms with Gasteiger partial charge in [-0.15, -0.1) is 6.42 Å². The van der Waals surface area contributed by atoms with Crippen LogP contribution in [0.1, 0.15) is 0 Å². The fraction of sp³-hybridized carbons (Fsp3) is 0. The van der Waals surface area contributed by atoms with Gasteiger partial charge in [0.25, 0.3) is 0 Å². The second-order valence-corrected chi connectivity index (χ2v) is 1.14. The fourth-order valence-corrected chi connectivity index (χ4v) is 0.180. The molecule has 0 unspecified atom stereocenters. The zero-order valence-corrected chi connectivity index (χ0v) is 4.57. The third-order valence-electron chi connectivity index (χ3n) is 0.534. The molecule has 0 atom stereocenters. The van der Waals surface area contributed by atoms with Crippen molar-refractivity contribution in [3.63, 3.8) is 0 Å². The average molecular weight is 102 g/mol. The van der Waals surface area contributed by atoms with Crippen LogP contribution in [-0.2, 0) is 0 Å². The Labute approximate surface area is 49.5 Å². The lowest BCUT2D eigenvalue weighted by molar-refractivity contribution is 1.87. The lowest BCUT2D eigenvalue weighted by Gasteiger charge is -1.72. The predicted octanol–water partition coefficient (Wildman–Crippen LogP) is 1.67. The number of terminal acetylenes is 1. The smallest absolute Gasteiger partial charge is 0.0254 e. The number of rotatable bonds is 1. The molecule has 0 aromatic carbocycles. The molecule has 0 heterocycles. The molecule has 0 saturated heterocycles. The van der Waals surface area contributed by atoms with Crippen molar-refractivity contribution in [1.82, 2.24) is 0 Å². The van der Waals surface area contributed by atoms with E-state index in [1.54, 1.807) is 6.08 Å². The number of allylic oxidation sites excluding steroid dienone is 2. The first-order valence-electron chi connectivity index (χ1n) is 2.07. The Morgan fingerprint density at radius 3 is 2.62 bits per heavy atom. The van der Waals surface area contributed by atoms with Crippen molar-refractivity contribution >= 4 is 0 Å². The first-order chi connectivity index (χ1) is 3.81. The van der Waals surface area contributed by atoms with Crippen LogP contribution in [-0.4, -0.2) is 0 Å². The Hall–Kier alpha value is -1.40. The summed E-state index contributed by atoms with van der Waals surface area (Å²) in [6.45, 7) is 6.78. The summed E-state index contributed by atoms with van der Waals surface area (Å²) in [5, 5.41) is 0. The zero-order valence-electron chi connectivity index (χ0n) is 4.57. The number of hydrogen-bond donors (Lipinski definition) is 0. The summed E-state index contributed by atoms with van der Waals surface area (Å²) >= 11 is 0. The van der Waals surface area contributed by atoms with E-state index in [-0.39, 0.29) is 0 Å². The first-order valence-corrected chi connectivity index (χ1v) is 2.07. The van der Waals surface area contributed by atoms with E-state index in [1.807, 2.05) is 0 Å². The van der Waals surface area contributed by atoms with Gasteiger partial charge in [-0.1, -0.05) is 24.0 Å². The minimum absolute atomic E-state index is 0.584. The molecule has 0 aliphatic heterocycles. The Bertz CT molecular complexity index is 201. The van der Waals surface area contributed by atoms with Crippen molar-refractivity contribution in [2.24, 2.45) is 0 Å². The monoisotopic (exact) mass is 102 g/mol. The minimum atomic E-state index is 0.584. The maximum absolute atomic E-state index is 4.94. The lowest BCUT2D eigenvalue weighted by Crippen LogP contribution is -1.58. The van der Waals surface area contributed by atoms with Gasteiger partial charge in [-0.25, -0.2) is 0 Å². The highest BCUT2D eigenvalue weighted by Crippen LogP contribution is 1.83. The van der Waals surface area contributed by atoms with Gasteiger partial charge in [0.15, 0.2) is 0 Å². The fourth-order valence-electron chi connectivity index (χ4n) is 0.180. The summed E-state index contributed by atoms with van der Waals surface area (Å²) < 4.78 is 0. The first kappa shape index (κ1) is 6.60. The molecular weight excluding hydrogens is 96.1 g/mol. The Morgan fingerprint density at radius 1 is 1.62 bits per heavy atom. The molecule has 0 aromatic heterocycles. The Balaban J connectivity index is 4.17. The van der Waals surface area contributed by atoms with Gasteiger partial charge >= 0.3 is 0 Å². The molecule has 0 spiro atoms. The van der Waals surface area contributed by atoms with Crippen molar-refractivity contribution < 1.29 is 0 Å². The average Bonchev–Trinajstić information content (AvgIpc) is 1.83. The maximum Gasteiger partial charge on any atom is 0.0254 e. The van der Waals surface area contributed by atoms with Gasteiger partial charge < -0.3 is 0 Å². The van der Waals surface area contributed by atoms with E-state index >= 15 is 0 Å². The van der Waals surface area contributed by atoms with Crippen LogP contribution in [0.15, 0.2) is 36.3 Å². The molecule has 0 N–H and O–H groups in total. The second-order valence-electron chi connectivity index (χ2n) is 1.14. The van der Waals surface area contributed by atoms with Crippen molar-refractivity contribution in [2.45, 2.75) is 0 Å². The molecule has 0 rings (SSSR count). The minimum Gasteiger partial charge on any atom is -0.115 e. The van der Waals surface area contributed by atoms with E-state index in [9.17, 15) is 0 Å². The molecule has 0 aliphatic carbocycles.